The van der Waals surface area contributed by atoms with Crippen molar-refractivity contribution in [3.05, 3.63) is 72.3 Å². The Hall–Kier alpha value is -2.28. The highest BCUT2D eigenvalue weighted by molar-refractivity contribution is 5.87. The fourth-order valence-corrected chi connectivity index (χ4v) is 2.54. The molecular formula is C18H17N. The second-order valence-electron chi connectivity index (χ2n) is 4.79. The average Bonchev–Trinajstić information content (AvgIpc) is 2.49. The van der Waals surface area contributed by atoms with E-state index >= 15 is 0 Å². The summed E-state index contributed by atoms with van der Waals surface area (Å²) in [4.78, 5) is 0. The summed E-state index contributed by atoms with van der Waals surface area (Å²) in [5.74, 6) is 0. The van der Waals surface area contributed by atoms with Gasteiger partial charge in [0.15, 0.2) is 0 Å². The quantitative estimate of drug-likeness (QED) is 0.767. The number of allylic oxidation sites excluding steroid dienone is 4. The molecule has 1 aliphatic rings. The molecule has 0 fully saturated rings. The van der Waals surface area contributed by atoms with Gasteiger partial charge in [-0.2, -0.15) is 0 Å². The van der Waals surface area contributed by atoms with Gasteiger partial charge < -0.3 is 5.73 Å². The fourth-order valence-electron chi connectivity index (χ4n) is 2.54. The van der Waals surface area contributed by atoms with E-state index in [2.05, 4.69) is 48.6 Å². The molecule has 2 N–H and O–H groups in total. The lowest BCUT2D eigenvalue weighted by atomic mass is 9.92. The molecule has 1 heteroatoms. The smallest absolute Gasteiger partial charge is 0.0470 e. The van der Waals surface area contributed by atoms with E-state index in [4.69, 9.17) is 5.73 Å². The van der Waals surface area contributed by atoms with Crippen molar-refractivity contribution in [3.63, 3.8) is 0 Å². The number of hydrogen-bond donors (Lipinski definition) is 1. The van der Waals surface area contributed by atoms with E-state index in [0.717, 1.165) is 24.1 Å². The Morgan fingerprint density at radius 1 is 0.842 bits per heavy atom. The number of nitrogens with two attached hydrogens (primary N) is 1. The summed E-state index contributed by atoms with van der Waals surface area (Å²) in [6.07, 6.45) is 8.65. The molecular weight excluding hydrogens is 230 g/mol. The van der Waals surface area contributed by atoms with Gasteiger partial charge in [-0.1, -0.05) is 66.8 Å². The summed E-state index contributed by atoms with van der Waals surface area (Å²) >= 11 is 0. The van der Waals surface area contributed by atoms with Gasteiger partial charge in [0.2, 0.25) is 0 Å². The minimum atomic E-state index is 0.884. The minimum Gasteiger partial charge on any atom is -0.398 e. The second kappa shape index (κ2) is 5.15. The Bertz CT molecular complexity index is 636. The SMILES string of the molecule is Nc1c(C2=CC=CCC2)cccc1-c1ccccc1. The molecule has 19 heavy (non-hydrogen) atoms. The maximum atomic E-state index is 6.38. The highest BCUT2D eigenvalue weighted by Crippen LogP contribution is 2.34. The molecule has 0 atom stereocenters. The first kappa shape index (κ1) is 11.8. The third-order valence-corrected chi connectivity index (χ3v) is 3.55. The molecule has 1 nitrogen and oxygen atoms in total. The molecule has 0 amide bonds. The molecule has 0 saturated heterocycles. The second-order valence-corrected chi connectivity index (χ2v) is 4.79. The van der Waals surface area contributed by atoms with Gasteiger partial charge in [-0.15, -0.1) is 0 Å². The molecule has 0 radical (unpaired) electrons. The molecule has 0 unspecified atom stereocenters. The van der Waals surface area contributed by atoms with E-state index < -0.39 is 0 Å². The Morgan fingerprint density at radius 3 is 2.37 bits per heavy atom. The molecule has 0 bridgehead atoms. The fraction of sp³-hybridized carbons (Fsp3) is 0.111. The van der Waals surface area contributed by atoms with Gasteiger partial charge >= 0.3 is 0 Å². The number of para-hydroxylation sites is 1. The number of nitrogen functional groups attached to an aromatic ring is 1. The van der Waals surface area contributed by atoms with Crippen molar-refractivity contribution in [2.45, 2.75) is 12.8 Å². The van der Waals surface area contributed by atoms with Gasteiger partial charge in [0.05, 0.1) is 0 Å². The predicted octanol–water partition coefficient (Wildman–Crippen LogP) is 4.67. The number of rotatable bonds is 2. The zero-order valence-electron chi connectivity index (χ0n) is 10.8. The Morgan fingerprint density at radius 2 is 1.63 bits per heavy atom. The first-order chi connectivity index (χ1) is 9.36. The van der Waals surface area contributed by atoms with Gasteiger partial charge in [0.1, 0.15) is 0 Å². The normalized spacial score (nSPS) is 14.2. The topological polar surface area (TPSA) is 26.0 Å². The molecule has 2 aromatic rings. The third kappa shape index (κ3) is 2.32. The van der Waals surface area contributed by atoms with E-state index in [0.29, 0.717) is 0 Å². The van der Waals surface area contributed by atoms with Crippen LogP contribution in [0, 0.1) is 0 Å². The van der Waals surface area contributed by atoms with Crippen LogP contribution in [-0.2, 0) is 0 Å². The summed E-state index contributed by atoms with van der Waals surface area (Å²) in [6, 6.07) is 16.6. The number of anilines is 1. The molecule has 94 valence electrons. The van der Waals surface area contributed by atoms with E-state index in [1.807, 2.05) is 18.2 Å². The molecule has 0 spiro atoms. The zero-order valence-corrected chi connectivity index (χ0v) is 10.8. The Kier molecular flexibility index (Phi) is 3.20. The Labute approximate surface area is 114 Å². The lowest BCUT2D eigenvalue weighted by Gasteiger charge is -2.15. The zero-order chi connectivity index (χ0) is 13.1. The van der Waals surface area contributed by atoms with Crippen LogP contribution < -0.4 is 5.73 Å². The van der Waals surface area contributed by atoms with Gasteiger partial charge in [-0.3, -0.25) is 0 Å². The number of benzene rings is 2. The van der Waals surface area contributed by atoms with Crippen molar-refractivity contribution in [2.75, 3.05) is 5.73 Å². The molecule has 0 aliphatic heterocycles. The minimum absolute atomic E-state index is 0.884. The van der Waals surface area contributed by atoms with Crippen LogP contribution in [0.5, 0.6) is 0 Å². The predicted molar refractivity (Wildman–Crippen MR) is 82.6 cm³/mol. The van der Waals surface area contributed by atoms with Crippen LogP contribution in [0.3, 0.4) is 0 Å². The van der Waals surface area contributed by atoms with E-state index in [-0.39, 0.29) is 0 Å². The van der Waals surface area contributed by atoms with Gasteiger partial charge in [-0.25, -0.2) is 0 Å². The first-order valence-electron chi connectivity index (χ1n) is 6.66. The molecule has 2 aromatic carbocycles. The van der Waals surface area contributed by atoms with Crippen molar-refractivity contribution in [3.8, 4) is 11.1 Å². The molecule has 0 heterocycles. The summed E-state index contributed by atoms with van der Waals surface area (Å²) < 4.78 is 0. The van der Waals surface area contributed by atoms with Crippen molar-refractivity contribution < 1.29 is 0 Å². The van der Waals surface area contributed by atoms with Gasteiger partial charge in [-0.05, 0) is 24.0 Å². The molecule has 1 aliphatic carbocycles. The van der Waals surface area contributed by atoms with Crippen LogP contribution in [0.4, 0.5) is 5.69 Å². The molecule has 3 rings (SSSR count). The van der Waals surface area contributed by atoms with Crippen LogP contribution in [0.2, 0.25) is 0 Å². The summed E-state index contributed by atoms with van der Waals surface area (Å²) in [5.41, 5.74) is 12.1. The van der Waals surface area contributed by atoms with Crippen LogP contribution in [0.15, 0.2) is 66.8 Å². The highest BCUT2D eigenvalue weighted by atomic mass is 14.6. The van der Waals surface area contributed by atoms with Crippen LogP contribution in [0.25, 0.3) is 16.7 Å². The average molecular weight is 247 g/mol. The summed E-state index contributed by atoms with van der Waals surface area (Å²) in [5, 5.41) is 0. The Balaban J connectivity index is 2.09. The maximum Gasteiger partial charge on any atom is 0.0470 e. The lowest BCUT2D eigenvalue weighted by molar-refractivity contribution is 1.05. The highest BCUT2D eigenvalue weighted by Gasteiger charge is 2.10. The van der Waals surface area contributed by atoms with Gasteiger partial charge in [0.25, 0.3) is 0 Å². The van der Waals surface area contributed by atoms with Crippen molar-refractivity contribution in [1.29, 1.82) is 0 Å². The van der Waals surface area contributed by atoms with E-state index in [9.17, 15) is 0 Å². The lowest BCUT2D eigenvalue weighted by Crippen LogP contribution is -1.98. The summed E-state index contributed by atoms with van der Waals surface area (Å²) in [7, 11) is 0. The summed E-state index contributed by atoms with van der Waals surface area (Å²) in [6.45, 7) is 0. The first-order valence-corrected chi connectivity index (χ1v) is 6.66. The number of hydrogen-bond acceptors (Lipinski definition) is 1. The van der Waals surface area contributed by atoms with Crippen LogP contribution >= 0.6 is 0 Å². The van der Waals surface area contributed by atoms with Crippen LogP contribution in [0.1, 0.15) is 18.4 Å². The monoisotopic (exact) mass is 247 g/mol. The molecule has 0 saturated carbocycles. The largest absolute Gasteiger partial charge is 0.398 e. The van der Waals surface area contributed by atoms with E-state index in [1.54, 1.807) is 0 Å². The molecule has 0 aromatic heterocycles. The van der Waals surface area contributed by atoms with Crippen LogP contribution in [-0.4, -0.2) is 0 Å². The van der Waals surface area contributed by atoms with Gasteiger partial charge in [0, 0.05) is 16.8 Å². The van der Waals surface area contributed by atoms with Crippen molar-refractivity contribution >= 4 is 11.3 Å². The van der Waals surface area contributed by atoms with Crippen molar-refractivity contribution in [2.24, 2.45) is 0 Å². The van der Waals surface area contributed by atoms with Crippen molar-refractivity contribution in [1.82, 2.24) is 0 Å². The maximum absolute atomic E-state index is 6.38. The van der Waals surface area contributed by atoms with E-state index in [1.165, 1.54) is 16.7 Å². The standard InChI is InChI=1S/C18H17N/c19-18-16(14-8-3-1-4-9-14)12-7-13-17(18)15-10-5-2-6-11-15/h1-5,7-10,12-13H,6,11,19H2. The third-order valence-electron chi connectivity index (χ3n) is 3.55.